The third-order valence-corrected chi connectivity index (χ3v) is 4.85. The second-order valence-corrected chi connectivity index (χ2v) is 7.24. The molecule has 1 amide bonds. The van der Waals surface area contributed by atoms with Crippen LogP contribution >= 0.6 is 0 Å². The van der Waals surface area contributed by atoms with E-state index in [1.54, 1.807) is 0 Å². The van der Waals surface area contributed by atoms with Gasteiger partial charge in [0.1, 0.15) is 6.33 Å². The van der Waals surface area contributed by atoms with Gasteiger partial charge in [-0.1, -0.05) is 12.1 Å². The molecule has 3 rings (SSSR count). The summed E-state index contributed by atoms with van der Waals surface area (Å²) in [5.74, 6) is -0.243. The number of anilines is 1. The van der Waals surface area contributed by atoms with Crippen molar-refractivity contribution in [2.24, 2.45) is 0 Å². The molecule has 0 saturated carbocycles. The van der Waals surface area contributed by atoms with Crippen LogP contribution in [0.1, 0.15) is 43.6 Å². The van der Waals surface area contributed by atoms with E-state index in [9.17, 15) is 4.79 Å². The van der Waals surface area contributed by atoms with Gasteiger partial charge in [-0.15, -0.1) is 0 Å². The van der Waals surface area contributed by atoms with Gasteiger partial charge in [0.05, 0.1) is 16.8 Å². The fraction of sp³-hybridized carbons (Fsp3) is 0.389. The summed E-state index contributed by atoms with van der Waals surface area (Å²) in [6, 6.07) is 5.74. The predicted molar refractivity (Wildman–Crippen MR) is 96.9 cm³/mol. The Morgan fingerprint density at radius 2 is 1.68 bits per heavy atom. The van der Waals surface area contributed by atoms with Gasteiger partial charge in [0.15, 0.2) is 0 Å². The van der Waals surface area contributed by atoms with Gasteiger partial charge in [0.2, 0.25) is 0 Å². The van der Waals surface area contributed by atoms with Crippen molar-refractivity contribution in [3.05, 3.63) is 48.0 Å². The van der Waals surface area contributed by atoms with Crippen LogP contribution in [0.3, 0.4) is 0 Å². The molecular weight excluding hydrogens is 317 g/mol. The van der Waals surface area contributed by atoms with Crippen LogP contribution in [0.25, 0.3) is 0 Å². The van der Waals surface area contributed by atoms with E-state index >= 15 is 0 Å². The van der Waals surface area contributed by atoms with E-state index in [1.807, 2.05) is 52.8 Å². The van der Waals surface area contributed by atoms with Crippen molar-refractivity contribution in [1.29, 1.82) is 0 Å². The van der Waals surface area contributed by atoms with Crippen LogP contribution in [-0.2, 0) is 9.31 Å². The maximum absolute atomic E-state index is 12.2. The summed E-state index contributed by atoms with van der Waals surface area (Å²) in [4.78, 5) is 20.0. The molecule has 1 aliphatic heterocycles. The average Bonchev–Trinajstić information content (AvgIpc) is 2.78. The van der Waals surface area contributed by atoms with Gasteiger partial charge in [-0.2, -0.15) is 0 Å². The fourth-order valence-electron chi connectivity index (χ4n) is 2.56. The molecule has 0 unspecified atom stereocenters. The minimum atomic E-state index is -0.420. The number of amides is 1. The second kappa shape index (κ2) is 6.24. The van der Waals surface area contributed by atoms with Crippen LogP contribution in [0.4, 0.5) is 5.69 Å². The van der Waals surface area contributed by atoms with Crippen LogP contribution in [0.5, 0.6) is 0 Å². The topological polar surface area (TPSA) is 73.3 Å². The number of hydrogen-bond acceptors (Lipinski definition) is 5. The summed E-state index contributed by atoms with van der Waals surface area (Å²) in [6.45, 7) is 10.0. The molecule has 0 spiro atoms. The molecule has 0 radical (unpaired) electrons. The quantitative estimate of drug-likeness (QED) is 0.869. The van der Waals surface area contributed by atoms with Gasteiger partial charge in [-0.25, -0.2) is 9.97 Å². The Morgan fingerprint density at radius 3 is 2.24 bits per heavy atom. The lowest BCUT2D eigenvalue weighted by molar-refractivity contribution is 0.00578. The molecule has 1 aromatic heterocycles. The molecule has 2 aromatic rings. The first-order valence-corrected chi connectivity index (χ1v) is 8.22. The number of carbonyl (C=O) groups excluding carboxylic acids is 1. The highest BCUT2D eigenvalue weighted by Gasteiger charge is 2.51. The van der Waals surface area contributed by atoms with Gasteiger partial charge < -0.3 is 14.6 Å². The molecule has 7 heteroatoms. The smallest absolute Gasteiger partial charge is 0.399 e. The number of carbonyl (C=O) groups is 1. The zero-order valence-corrected chi connectivity index (χ0v) is 15.2. The number of aromatic nitrogens is 2. The molecule has 1 N–H and O–H groups in total. The van der Waals surface area contributed by atoms with Crippen LogP contribution < -0.4 is 10.8 Å². The summed E-state index contributed by atoms with van der Waals surface area (Å²) in [5, 5.41) is 2.88. The molecule has 130 valence electrons. The van der Waals surface area contributed by atoms with E-state index < -0.39 is 7.12 Å². The van der Waals surface area contributed by atoms with Crippen LogP contribution in [0, 0.1) is 6.92 Å². The molecule has 1 fully saturated rings. The molecular formula is C18H22BN3O3. The van der Waals surface area contributed by atoms with Crippen LogP contribution in [0.2, 0.25) is 0 Å². The van der Waals surface area contributed by atoms with E-state index in [-0.39, 0.29) is 17.1 Å². The monoisotopic (exact) mass is 339 g/mol. The first kappa shape index (κ1) is 17.6. The Kier molecular flexibility index (Phi) is 4.39. The van der Waals surface area contributed by atoms with E-state index in [4.69, 9.17) is 9.31 Å². The zero-order valence-electron chi connectivity index (χ0n) is 15.2. The predicted octanol–water partition coefficient (Wildman–Crippen LogP) is 2.34. The first-order chi connectivity index (χ1) is 11.7. The van der Waals surface area contributed by atoms with Crippen molar-refractivity contribution < 1.29 is 14.1 Å². The highest BCUT2D eigenvalue weighted by Crippen LogP contribution is 2.36. The highest BCUT2D eigenvalue weighted by molar-refractivity contribution is 6.62. The Hall–Kier alpha value is -2.25. The fourth-order valence-corrected chi connectivity index (χ4v) is 2.56. The SMILES string of the molecule is Cc1cc(B2OC(C)(C)C(C)(C)O2)ccc1NC(=O)c1cncnc1. The van der Waals surface area contributed by atoms with Crippen molar-refractivity contribution in [3.63, 3.8) is 0 Å². The normalized spacial score (nSPS) is 18.2. The van der Waals surface area contributed by atoms with E-state index in [2.05, 4.69) is 15.3 Å². The third kappa shape index (κ3) is 3.43. The number of rotatable bonds is 3. The minimum absolute atomic E-state index is 0.243. The molecule has 0 bridgehead atoms. The maximum Gasteiger partial charge on any atom is 0.494 e. The molecule has 1 saturated heterocycles. The number of aryl methyl sites for hydroxylation is 1. The summed E-state index contributed by atoms with van der Waals surface area (Å²) in [5.41, 5.74) is 2.23. The summed E-state index contributed by atoms with van der Waals surface area (Å²) in [6.07, 6.45) is 4.36. The Labute approximate surface area is 148 Å². The number of nitrogens with one attached hydrogen (secondary N) is 1. The lowest BCUT2D eigenvalue weighted by atomic mass is 9.78. The Bertz CT molecular complexity index is 777. The number of benzene rings is 1. The summed E-state index contributed by atoms with van der Waals surface area (Å²) in [7, 11) is -0.420. The van der Waals surface area contributed by atoms with Gasteiger partial charge in [0, 0.05) is 18.1 Å². The molecule has 6 nitrogen and oxygen atoms in total. The van der Waals surface area contributed by atoms with Crippen molar-refractivity contribution in [3.8, 4) is 0 Å². The lowest BCUT2D eigenvalue weighted by Gasteiger charge is -2.32. The Morgan fingerprint density at radius 1 is 1.08 bits per heavy atom. The van der Waals surface area contributed by atoms with Crippen LogP contribution in [0.15, 0.2) is 36.9 Å². The van der Waals surface area contributed by atoms with Gasteiger partial charge in [-0.3, -0.25) is 4.79 Å². The lowest BCUT2D eigenvalue weighted by Crippen LogP contribution is -2.41. The molecule has 0 aliphatic carbocycles. The van der Waals surface area contributed by atoms with Crippen molar-refractivity contribution in [2.75, 3.05) is 5.32 Å². The van der Waals surface area contributed by atoms with Crippen molar-refractivity contribution in [2.45, 2.75) is 45.8 Å². The van der Waals surface area contributed by atoms with Crippen LogP contribution in [-0.4, -0.2) is 34.2 Å². The highest BCUT2D eigenvalue weighted by atomic mass is 16.7. The molecule has 25 heavy (non-hydrogen) atoms. The molecule has 1 aliphatic rings. The zero-order chi connectivity index (χ0) is 18.2. The minimum Gasteiger partial charge on any atom is -0.399 e. The molecule has 1 aromatic carbocycles. The maximum atomic E-state index is 12.2. The largest absolute Gasteiger partial charge is 0.494 e. The molecule has 2 heterocycles. The van der Waals surface area contributed by atoms with Crippen molar-refractivity contribution in [1.82, 2.24) is 9.97 Å². The number of hydrogen-bond donors (Lipinski definition) is 1. The average molecular weight is 339 g/mol. The van der Waals surface area contributed by atoms with E-state index in [0.29, 0.717) is 5.56 Å². The standard InChI is InChI=1S/C18H22BN3O3/c1-12-8-14(19-24-17(2,3)18(4,5)25-19)6-7-15(12)22-16(23)13-9-20-11-21-10-13/h6-11H,1-5H3,(H,22,23). The van der Waals surface area contributed by atoms with Gasteiger partial charge in [-0.05, 0) is 51.7 Å². The van der Waals surface area contributed by atoms with E-state index in [0.717, 1.165) is 16.7 Å². The van der Waals surface area contributed by atoms with Gasteiger partial charge >= 0.3 is 7.12 Å². The van der Waals surface area contributed by atoms with Crippen molar-refractivity contribution >= 4 is 24.2 Å². The third-order valence-electron chi connectivity index (χ3n) is 4.85. The Balaban J connectivity index is 1.77. The molecule has 0 atom stereocenters. The summed E-state index contributed by atoms with van der Waals surface area (Å²) < 4.78 is 12.1. The summed E-state index contributed by atoms with van der Waals surface area (Å²) >= 11 is 0. The van der Waals surface area contributed by atoms with E-state index in [1.165, 1.54) is 18.7 Å². The van der Waals surface area contributed by atoms with Gasteiger partial charge in [0.25, 0.3) is 5.91 Å². The second-order valence-electron chi connectivity index (χ2n) is 7.24. The first-order valence-electron chi connectivity index (χ1n) is 8.22. The number of nitrogens with zero attached hydrogens (tertiary/aromatic N) is 2.